The summed E-state index contributed by atoms with van der Waals surface area (Å²) in [5.41, 5.74) is 6.33. The van der Waals surface area contributed by atoms with Crippen LogP contribution in [-0.4, -0.2) is 22.1 Å². The van der Waals surface area contributed by atoms with Crippen LogP contribution in [-0.2, 0) is 4.74 Å². The zero-order valence-electron chi connectivity index (χ0n) is 11.8. The number of carbonyl (C=O) groups is 1. The van der Waals surface area contributed by atoms with Crippen molar-refractivity contribution in [2.45, 2.75) is 52.0 Å². The molecule has 5 nitrogen and oxygen atoms in total. The van der Waals surface area contributed by atoms with E-state index in [0.717, 1.165) is 6.42 Å². The number of nitrogens with two attached hydrogens (primary N) is 1. The summed E-state index contributed by atoms with van der Waals surface area (Å²) in [4.78, 5) is 15.9. The van der Waals surface area contributed by atoms with E-state index in [0.29, 0.717) is 24.4 Å². The first-order valence-corrected chi connectivity index (χ1v) is 7.14. The number of rotatable bonds is 3. The maximum absolute atomic E-state index is 11.7. The van der Waals surface area contributed by atoms with E-state index < -0.39 is 5.97 Å². The Bertz CT molecular complexity index is 442. The number of esters is 1. The van der Waals surface area contributed by atoms with Gasteiger partial charge in [0.05, 0.1) is 12.9 Å². The lowest BCUT2D eigenvalue weighted by Crippen LogP contribution is -2.18. The van der Waals surface area contributed by atoms with Gasteiger partial charge in [-0.1, -0.05) is 26.2 Å². The lowest BCUT2D eigenvalue weighted by molar-refractivity contribution is 0.0521. The highest BCUT2D eigenvalue weighted by Gasteiger charge is 2.26. The van der Waals surface area contributed by atoms with Crippen LogP contribution in [0.5, 0.6) is 0 Å². The number of anilines is 1. The molecule has 0 spiro atoms. The second kappa shape index (κ2) is 6.08. The van der Waals surface area contributed by atoms with Crippen LogP contribution in [0, 0.1) is 5.92 Å². The van der Waals surface area contributed by atoms with Gasteiger partial charge in [0.1, 0.15) is 5.82 Å². The fourth-order valence-corrected chi connectivity index (χ4v) is 2.88. The molecule has 0 amide bonds. The van der Waals surface area contributed by atoms with Gasteiger partial charge in [-0.25, -0.2) is 9.78 Å². The van der Waals surface area contributed by atoms with Crippen LogP contribution < -0.4 is 5.73 Å². The molecule has 1 aromatic heterocycles. The predicted molar refractivity (Wildman–Crippen MR) is 73.9 cm³/mol. The number of nitrogens with zero attached hydrogens (tertiary/aromatic N) is 2. The van der Waals surface area contributed by atoms with Crippen molar-refractivity contribution in [3.05, 3.63) is 12.0 Å². The van der Waals surface area contributed by atoms with Crippen molar-refractivity contribution in [2.24, 2.45) is 5.92 Å². The highest BCUT2D eigenvalue weighted by atomic mass is 16.5. The fourth-order valence-electron chi connectivity index (χ4n) is 2.88. The van der Waals surface area contributed by atoms with E-state index in [1.165, 1.54) is 25.7 Å². The Morgan fingerprint density at radius 1 is 1.47 bits per heavy atom. The van der Waals surface area contributed by atoms with Crippen molar-refractivity contribution in [1.29, 1.82) is 0 Å². The molecule has 1 fully saturated rings. The first-order valence-electron chi connectivity index (χ1n) is 7.14. The van der Waals surface area contributed by atoms with Crippen LogP contribution in [0.3, 0.4) is 0 Å². The molecule has 19 heavy (non-hydrogen) atoms. The zero-order chi connectivity index (χ0) is 13.8. The lowest BCUT2D eigenvalue weighted by Gasteiger charge is -2.24. The number of nitrogen functional groups attached to an aromatic ring is 1. The van der Waals surface area contributed by atoms with Gasteiger partial charge >= 0.3 is 5.97 Å². The summed E-state index contributed by atoms with van der Waals surface area (Å²) in [5, 5.41) is 0. The van der Waals surface area contributed by atoms with Crippen molar-refractivity contribution >= 4 is 11.8 Å². The summed E-state index contributed by atoms with van der Waals surface area (Å²) in [6.07, 6.45) is 7.76. The van der Waals surface area contributed by atoms with Crippen molar-refractivity contribution < 1.29 is 9.53 Å². The van der Waals surface area contributed by atoms with Gasteiger partial charge in [-0.2, -0.15) is 0 Å². The van der Waals surface area contributed by atoms with Crippen molar-refractivity contribution in [2.75, 3.05) is 12.3 Å². The molecule has 0 bridgehead atoms. The van der Waals surface area contributed by atoms with Crippen LogP contribution in [0.2, 0.25) is 0 Å². The number of aromatic nitrogens is 2. The van der Waals surface area contributed by atoms with E-state index in [-0.39, 0.29) is 5.69 Å². The average Bonchev–Trinajstić information content (AvgIpc) is 2.62. The van der Waals surface area contributed by atoms with E-state index >= 15 is 0 Å². The minimum atomic E-state index is -0.431. The molecule has 1 aliphatic carbocycles. The van der Waals surface area contributed by atoms with Crippen LogP contribution in [0.25, 0.3) is 0 Å². The van der Waals surface area contributed by atoms with Crippen molar-refractivity contribution in [3.63, 3.8) is 0 Å². The third kappa shape index (κ3) is 2.91. The van der Waals surface area contributed by atoms with Crippen LogP contribution in [0.15, 0.2) is 6.33 Å². The number of ether oxygens (including phenoxy) is 1. The largest absolute Gasteiger partial charge is 0.461 e. The van der Waals surface area contributed by atoms with E-state index in [4.69, 9.17) is 10.5 Å². The molecule has 0 aliphatic heterocycles. The third-order valence-electron chi connectivity index (χ3n) is 3.97. The monoisotopic (exact) mass is 265 g/mol. The van der Waals surface area contributed by atoms with Crippen LogP contribution in [0.4, 0.5) is 5.82 Å². The first kappa shape index (κ1) is 13.9. The van der Waals surface area contributed by atoms with Gasteiger partial charge in [0.2, 0.25) is 0 Å². The molecule has 2 unspecified atom stereocenters. The van der Waals surface area contributed by atoms with Gasteiger partial charge in [-0.3, -0.25) is 0 Å². The van der Waals surface area contributed by atoms with Crippen molar-refractivity contribution in [1.82, 2.24) is 9.55 Å². The fraction of sp³-hybridized carbons (Fsp3) is 0.714. The van der Waals surface area contributed by atoms with Gasteiger partial charge < -0.3 is 15.0 Å². The Morgan fingerprint density at radius 3 is 2.95 bits per heavy atom. The lowest BCUT2D eigenvalue weighted by atomic mass is 9.97. The maximum Gasteiger partial charge on any atom is 0.360 e. The van der Waals surface area contributed by atoms with Gasteiger partial charge in [0.15, 0.2) is 5.69 Å². The Morgan fingerprint density at radius 2 is 2.21 bits per heavy atom. The molecule has 1 heterocycles. The highest BCUT2D eigenvalue weighted by Crippen LogP contribution is 2.34. The van der Waals surface area contributed by atoms with Crippen molar-refractivity contribution in [3.8, 4) is 0 Å². The minimum absolute atomic E-state index is 0.248. The second-order valence-corrected chi connectivity index (χ2v) is 5.29. The number of carbonyl (C=O) groups excluding carboxylic acids is 1. The molecule has 1 aromatic rings. The maximum atomic E-state index is 11.7. The standard InChI is InChI=1S/C14H23N3O2/c1-3-19-14(18)12-13(15)17(9-16-12)11-8-6-4-5-7-10(11)2/h9-11H,3-8,15H2,1-2H3. The molecule has 5 heteroatoms. The van der Waals surface area contributed by atoms with Gasteiger partial charge in [0, 0.05) is 6.04 Å². The predicted octanol–water partition coefficient (Wildman–Crippen LogP) is 2.78. The molecule has 0 aromatic carbocycles. The van der Waals surface area contributed by atoms with Gasteiger partial charge in [-0.15, -0.1) is 0 Å². The number of hydrogen-bond donors (Lipinski definition) is 1. The molecule has 2 N–H and O–H groups in total. The zero-order valence-corrected chi connectivity index (χ0v) is 11.8. The molecular formula is C14H23N3O2. The topological polar surface area (TPSA) is 70.1 Å². The average molecular weight is 265 g/mol. The molecule has 106 valence electrons. The molecular weight excluding hydrogens is 242 g/mol. The number of imidazole rings is 1. The van der Waals surface area contributed by atoms with E-state index in [1.807, 2.05) is 4.57 Å². The van der Waals surface area contributed by atoms with Crippen LogP contribution in [0.1, 0.15) is 62.5 Å². The molecule has 1 saturated carbocycles. The quantitative estimate of drug-likeness (QED) is 0.674. The van der Waals surface area contributed by atoms with Crippen LogP contribution >= 0.6 is 0 Å². The molecule has 2 rings (SSSR count). The summed E-state index contributed by atoms with van der Waals surface area (Å²) in [7, 11) is 0. The summed E-state index contributed by atoms with van der Waals surface area (Å²) in [6.45, 7) is 4.36. The number of hydrogen-bond acceptors (Lipinski definition) is 4. The molecule has 0 radical (unpaired) electrons. The summed E-state index contributed by atoms with van der Waals surface area (Å²) >= 11 is 0. The normalized spacial score (nSPS) is 23.9. The van der Waals surface area contributed by atoms with E-state index in [1.54, 1.807) is 13.3 Å². The summed E-state index contributed by atoms with van der Waals surface area (Å²) in [5.74, 6) is 0.575. The first-order chi connectivity index (χ1) is 9.15. The van der Waals surface area contributed by atoms with Gasteiger partial charge in [-0.05, 0) is 25.7 Å². The Hall–Kier alpha value is -1.52. The second-order valence-electron chi connectivity index (χ2n) is 5.29. The molecule has 2 atom stereocenters. The summed E-state index contributed by atoms with van der Waals surface area (Å²) < 4.78 is 6.93. The van der Waals surface area contributed by atoms with Gasteiger partial charge in [0.25, 0.3) is 0 Å². The Balaban J connectivity index is 2.22. The molecule has 0 saturated heterocycles. The SMILES string of the molecule is CCOC(=O)c1ncn(C2CCCCCC2C)c1N. The highest BCUT2D eigenvalue weighted by molar-refractivity contribution is 5.92. The molecule has 1 aliphatic rings. The van der Waals surface area contributed by atoms with E-state index in [9.17, 15) is 4.79 Å². The third-order valence-corrected chi connectivity index (χ3v) is 3.97. The Kier molecular flexibility index (Phi) is 4.45. The Labute approximate surface area is 114 Å². The minimum Gasteiger partial charge on any atom is -0.461 e. The van der Waals surface area contributed by atoms with E-state index in [2.05, 4.69) is 11.9 Å². The smallest absolute Gasteiger partial charge is 0.360 e. The summed E-state index contributed by atoms with van der Waals surface area (Å²) in [6, 6.07) is 0.346.